The molecule has 0 aliphatic carbocycles. The van der Waals surface area contributed by atoms with E-state index in [1.165, 1.54) is 24.3 Å². The topological polar surface area (TPSA) is 52.7 Å². The second-order valence-corrected chi connectivity index (χ2v) is 7.05. The van der Waals surface area contributed by atoms with Crippen LogP contribution < -0.4 is 10.2 Å². The van der Waals surface area contributed by atoms with Crippen molar-refractivity contribution >= 4 is 23.1 Å². The van der Waals surface area contributed by atoms with Crippen LogP contribution in [-0.2, 0) is 4.79 Å². The number of para-hydroxylation sites is 2. The van der Waals surface area contributed by atoms with Gasteiger partial charge in [-0.15, -0.1) is 0 Å². The van der Waals surface area contributed by atoms with Crippen LogP contribution in [-0.4, -0.2) is 48.8 Å². The first-order valence-electron chi connectivity index (χ1n) is 9.29. The summed E-state index contributed by atoms with van der Waals surface area (Å²) < 4.78 is 13.0. The average molecular weight is 367 g/mol. The predicted octanol–water partition coefficient (Wildman–Crippen LogP) is 2.93. The molecular formula is C21H22FN3O2. The molecule has 1 atom stereocenters. The van der Waals surface area contributed by atoms with Gasteiger partial charge < -0.3 is 10.2 Å². The molecule has 1 N–H and O–H groups in total. The number of carbonyl (C=O) groups excluding carboxylic acids is 2. The Morgan fingerprint density at radius 1 is 1.11 bits per heavy atom. The van der Waals surface area contributed by atoms with Crippen LogP contribution in [0.25, 0.3) is 0 Å². The number of Topliss-reactive ketones (excluding diaryl/α,β-unsaturated/α-hetero) is 1. The number of anilines is 2. The molecular weight excluding hydrogens is 345 g/mol. The zero-order valence-corrected chi connectivity index (χ0v) is 15.0. The molecule has 1 fully saturated rings. The summed E-state index contributed by atoms with van der Waals surface area (Å²) in [5.74, 6) is -0.282. The number of halogens is 1. The zero-order valence-electron chi connectivity index (χ0n) is 15.0. The highest BCUT2D eigenvalue weighted by Gasteiger charge is 2.36. The first-order chi connectivity index (χ1) is 13.1. The monoisotopic (exact) mass is 367 g/mol. The molecule has 27 heavy (non-hydrogen) atoms. The van der Waals surface area contributed by atoms with E-state index in [1.54, 1.807) is 0 Å². The zero-order chi connectivity index (χ0) is 18.8. The van der Waals surface area contributed by atoms with Gasteiger partial charge in [-0.2, -0.15) is 0 Å². The number of piperazine rings is 1. The van der Waals surface area contributed by atoms with Gasteiger partial charge in [0.2, 0.25) is 5.91 Å². The number of rotatable bonds is 5. The molecule has 2 aromatic rings. The molecule has 2 aliphatic rings. The van der Waals surface area contributed by atoms with Crippen molar-refractivity contribution in [1.29, 1.82) is 0 Å². The molecule has 2 aliphatic heterocycles. The lowest BCUT2D eigenvalue weighted by Crippen LogP contribution is -2.60. The average Bonchev–Trinajstić information content (AvgIpc) is 2.69. The van der Waals surface area contributed by atoms with Crippen molar-refractivity contribution in [2.45, 2.75) is 18.9 Å². The Morgan fingerprint density at radius 2 is 1.89 bits per heavy atom. The van der Waals surface area contributed by atoms with E-state index < -0.39 is 0 Å². The fourth-order valence-electron chi connectivity index (χ4n) is 3.84. The lowest BCUT2D eigenvalue weighted by molar-refractivity contribution is -0.118. The van der Waals surface area contributed by atoms with Crippen LogP contribution in [0.1, 0.15) is 23.2 Å². The van der Waals surface area contributed by atoms with E-state index in [0.717, 1.165) is 37.4 Å². The number of nitrogens with zero attached hydrogens (tertiary/aromatic N) is 2. The van der Waals surface area contributed by atoms with E-state index >= 15 is 0 Å². The van der Waals surface area contributed by atoms with Gasteiger partial charge in [0.15, 0.2) is 5.78 Å². The molecule has 0 radical (unpaired) electrons. The van der Waals surface area contributed by atoms with Crippen molar-refractivity contribution in [1.82, 2.24) is 4.90 Å². The third kappa shape index (κ3) is 3.71. The summed E-state index contributed by atoms with van der Waals surface area (Å²) in [6.07, 6.45) is 1.15. The molecule has 140 valence electrons. The van der Waals surface area contributed by atoms with Crippen LogP contribution in [0.2, 0.25) is 0 Å². The van der Waals surface area contributed by atoms with Gasteiger partial charge in [0, 0.05) is 31.6 Å². The number of nitrogens with one attached hydrogen (secondary N) is 1. The normalized spacial score (nSPS) is 19.2. The van der Waals surface area contributed by atoms with Crippen molar-refractivity contribution in [3.05, 3.63) is 59.9 Å². The molecule has 0 bridgehead atoms. The Kier molecular flexibility index (Phi) is 4.90. The Morgan fingerprint density at radius 3 is 2.70 bits per heavy atom. The maximum absolute atomic E-state index is 13.0. The van der Waals surface area contributed by atoms with Gasteiger partial charge in [-0.25, -0.2) is 4.39 Å². The van der Waals surface area contributed by atoms with Crippen LogP contribution in [0.5, 0.6) is 0 Å². The molecule has 0 spiro atoms. The molecule has 1 saturated heterocycles. The van der Waals surface area contributed by atoms with Crippen LogP contribution in [0.4, 0.5) is 15.8 Å². The van der Waals surface area contributed by atoms with Crippen molar-refractivity contribution in [3.63, 3.8) is 0 Å². The first kappa shape index (κ1) is 17.7. The predicted molar refractivity (Wildman–Crippen MR) is 103 cm³/mol. The third-order valence-electron chi connectivity index (χ3n) is 5.28. The fraction of sp³-hybridized carbons (Fsp3) is 0.333. The SMILES string of the molecule is O=C(CCCN1CCN2c3ccccc3NC(=O)C2C1)c1ccc(F)cc1. The molecule has 1 unspecified atom stereocenters. The highest BCUT2D eigenvalue weighted by Crippen LogP contribution is 2.33. The minimum atomic E-state index is -0.336. The molecule has 4 rings (SSSR count). The molecule has 2 heterocycles. The van der Waals surface area contributed by atoms with Crippen molar-refractivity contribution in [2.75, 3.05) is 36.4 Å². The van der Waals surface area contributed by atoms with Gasteiger partial charge in [0.25, 0.3) is 0 Å². The number of hydrogen-bond acceptors (Lipinski definition) is 4. The van der Waals surface area contributed by atoms with Gasteiger partial charge in [-0.1, -0.05) is 12.1 Å². The number of benzene rings is 2. The minimum absolute atomic E-state index is 0.0259. The van der Waals surface area contributed by atoms with E-state index in [0.29, 0.717) is 18.5 Å². The molecule has 6 heteroatoms. The molecule has 0 aromatic heterocycles. The lowest BCUT2D eigenvalue weighted by Gasteiger charge is -2.45. The Balaban J connectivity index is 1.32. The number of hydrogen-bond donors (Lipinski definition) is 1. The van der Waals surface area contributed by atoms with Crippen LogP contribution in [0.15, 0.2) is 48.5 Å². The number of ketones is 1. The summed E-state index contributed by atoms with van der Waals surface area (Å²) >= 11 is 0. The summed E-state index contributed by atoms with van der Waals surface area (Å²) in [5.41, 5.74) is 2.50. The minimum Gasteiger partial charge on any atom is -0.355 e. The van der Waals surface area contributed by atoms with Crippen molar-refractivity contribution < 1.29 is 14.0 Å². The Hall–Kier alpha value is -2.73. The van der Waals surface area contributed by atoms with Crippen LogP contribution >= 0.6 is 0 Å². The van der Waals surface area contributed by atoms with E-state index in [4.69, 9.17) is 0 Å². The van der Waals surface area contributed by atoms with Gasteiger partial charge in [-0.05, 0) is 49.4 Å². The van der Waals surface area contributed by atoms with Crippen molar-refractivity contribution in [2.24, 2.45) is 0 Å². The van der Waals surface area contributed by atoms with Gasteiger partial charge >= 0.3 is 0 Å². The molecule has 0 saturated carbocycles. The van der Waals surface area contributed by atoms with Crippen LogP contribution in [0, 0.1) is 5.82 Å². The quantitative estimate of drug-likeness (QED) is 0.826. The van der Waals surface area contributed by atoms with Gasteiger partial charge in [-0.3, -0.25) is 14.5 Å². The largest absolute Gasteiger partial charge is 0.355 e. The molecule has 5 nitrogen and oxygen atoms in total. The van der Waals surface area contributed by atoms with Gasteiger partial charge in [0.05, 0.1) is 11.4 Å². The smallest absolute Gasteiger partial charge is 0.248 e. The Labute approximate surface area is 157 Å². The summed E-state index contributed by atoms with van der Waals surface area (Å²) in [7, 11) is 0. The maximum Gasteiger partial charge on any atom is 0.248 e. The standard InChI is InChI=1S/C21H22FN3O2/c22-16-9-7-15(8-10-16)20(26)6-3-11-24-12-13-25-18-5-2-1-4-17(18)23-21(27)19(25)14-24/h1-2,4-5,7-10,19H,3,6,11-14H2,(H,23,27). The molecule has 2 aromatic carbocycles. The fourth-order valence-corrected chi connectivity index (χ4v) is 3.84. The van der Waals surface area contributed by atoms with Crippen LogP contribution in [0.3, 0.4) is 0 Å². The van der Waals surface area contributed by atoms with E-state index in [1.807, 2.05) is 24.3 Å². The summed E-state index contributed by atoms with van der Waals surface area (Å²) in [4.78, 5) is 29.1. The number of amides is 1. The summed E-state index contributed by atoms with van der Waals surface area (Å²) in [5, 5.41) is 2.99. The highest BCUT2D eigenvalue weighted by molar-refractivity contribution is 6.03. The summed E-state index contributed by atoms with van der Waals surface area (Å²) in [6.45, 7) is 3.08. The van der Waals surface area contributed by atoms with E-state index in [-0.39, 0.29) is 23.5 Å². The second kappa shape index (κ2) is 7.48. The number of carbonyl (C=O) groups is 2. The van der Waals surface area contributed by atoms with Gasteiger partial charge in [0.1, 0.15) is 11.9 Å². The molecule has 1 amide bonds. The summed E-state index contributed by atoms with van der Waals surface area (Å²) in [6, 6.07) is 13.4. The lowest BCUT2D eigenvalue weighted by atomic mass is 10.0. The second-order valence-electron chi connectivity index (χ2n) is 7.05. The van der Waals surface area contributed by atoms with E-state index in [2.05, 4.69) is 15.1 Å². The Bertz CT molecular complexity index is 853. The van der Waals surface area contributed by atoms with E-state index in [9.17, 15) is 14.0 Å². The number of fused-ring (bicyclic) bond motifs is 3. The van der Waals surface area contributed by atoms with Crippen molar-refractivity contribution in [3.8, 4) is 0 Å². The maximum atomic E-state index is 13.0. The third-order valence-corrected chi connectivity index (χ3v) is 5.28. The highest BCUT2D eigenvalue weighted by atomic mass is 19.1. The first-order valence-corrected chi connectivity index (χ1v) is 9.29.